The number of anilines is 3. The third-order valence-corrected chi connectivity index (χ3v) is 4.56. The first kappa shape index (κ1) is 18.4. The Morgan fingerprint density at radius 2 is 1.68 bits per heavy atom. The minimum Gasteiger partial charge on any atom is -0.361 e. The molecule has 1 aromatic heterocycles. The zero-order valence-electron chi connectivity index (χ0n) is 14.2. The summed E-state index contributed by atoms with van der Waals surface area (Å²) in [5.74, 6) is 0.825. The van der Waals surface area contributed by atoms with E-state index in [1.807, 2.05) is 0 Å². The predicted molar refractivity (Wildman–Crippen MR) is 94.6 cm³/mol. The highest BCUT2D eigenvalue weighted by Gasteiger charge is 2.20. The van der Waals surface area contributed by atoms with Crippen molar-refractivity contribution < 1.29 is 13.3 Å². The van der Waals surface area contributed by atoms with Crippen molar-refractivity contribution in [1.29, 1.82) is 0 Å². The first-order valence-corrected chi connectivity index (χ1v) is 8.59. The third kappa shape index (κ3) is 4.12. The summed E-state index contributed by atoms with van der Waals surface area (Å²) in [6, 6.07) is 4.61. The molecule has 0 bridgehead atoms. The maximum atomic E-state index is 12.5. The molecule has 0 fully saturated rings. The van der Waals surface area contributed by atoms with E-state index in [-0.39, 0.29) is 16.3 Å². The lowest BCUT2D eigenvalue weighted by molar-refractivity contribution is -0.384. The molecule has 134 valence electrons. The van der Waals surface area contributed by atoms with Gasteiger partial charge in [-0.15, -0.1) is 0 Å². The standard InChI is InChI=1S/C14H18N6O4S/c1-18(2)13-12(9-15-14(16-13)19(3)4)17-25(23,24)11-7-5-10(6-8-11)20(21)22/h5-9,17H,1-4H3. The lowest BCUT2D eigenvalue weighted by atomic mass is 10.3. The van der Waals surface area contributed by atoms with Crippen molar-refractivity contribution in [2.75, 3.05) is 42.7 Å². The van der Waals surface area contributed by atoms with Gasteiger partial charge in [0.05, 0.1) is 16.0 Å². The molecule has 11 heteroatoms. The largest absolute Gasteiger partial charge is 0.361 e. The molecule has 0 saturated carbocycles. The maximum absolute atomic E-state index is 12.5. The first-order chi connectivity index (χ1) is 11.6. The normalized spacial score (nSPS) is 11.0. The minimum absolute atomic E-state index is 0.0977. The molecule has 0 aliphatic carbocycles. The molecular weight excluding hydrogens is 348 g/mol. The van der Waals surface area contributed by atoms with Gasteiger partial charge < -0.3 is 9.80 Å². The summed E-state index contributed by atoms with van der Waals surface area (Å²) in [5.41, 5.74) is 0.0144. The van der Waals surface area contributed by atoms with Crippen LogP contribution in [0.2, 0.25) is 0 Å². The van der Waals surface area contributed by atoms with Crippen molar-refractivity contribution in [3.63, 3.8) is 0 Å². The summed E-state index contributed by atoms with van der Waals surface area (Å²) >= 11 is 0. The second-order valence-corrected chi connectivity index (χ2v) is 7.24. The number of rotatable bonds is 6. The van der Waals surface area contributed by atoms with Gasteiger partial charge in [0, 0.05) is 40.3 Å². The lowest BCUT2D eigenvalue weighted by Crippen LogP contribution is -2.21. The van der Waals surface area contributed by atoms with Crippen LogP contribution in [0, 0.1) is 10.1 Å². The van der Waals surface area contributed by atoms with E-state index in [1.165, 1.54) is 18.3 Å². The van der Waals surface area contributed by atoms with E-state index in [1.54, 1.807) is 38.0 Å². The van der Waals surface area contributed by atoms with Gasteiger partial charge in [0.25, 0.3) is 15.7 Å². The summed E-state index contributed by atoms with van der Waals surface area (Å²) < 4.78 is 27.4. The third-order valence-electron chi connectivity index (χ3n) is 3.18. The van der Waals surface area contributed by atoms with Crippen LogP contribution in [0.5, 0.6) is 0 Å². The van der Waals surface area contributed by atoms with Crippen LogP contribution in [-0.4, -0.2) is 51.5 Å². The number of nitrogens with one attached hydrogen (secondary N) is 1. The van der Waals surface area contributed by atoms with Gasteiger partial charge in [-0.1, -0.05) is 0 Å². The summed E-state index contributed by atoms with van der Waals surface area (Å²) in [6.07, 6.45) is 1.38. The number of hydrogen-bond donors (Lipinski definition) is 1. The number of non-ortho nitro benzene ring substituents is 1. The van der Waals surface area contributed by atoms with Crippen molar-refractivity contribution in [2.45, 2.75) is 4.90 Å². The highest BCUT2D eigenvalue weighted by molar-refractivity contribution is 7.92. The number of nitrogens with zero attached hydrogens (tertiary/aromatic N) is 5. The fourth-order valence-corrected chi connectivity index (χ4v) is 2.99. The fraction of sp³-hybridized carbons (Fsp3) is 0.286. The van der Waals surface area contributed by atoms with Gasteiger partial charge in [-0.25, -0.2) is 13.4 Å². The number of aromatic nitrogens is 2. The Bertz CT molecular complexity index is 881. The number of hydrogen-bond acceptors (Lipinski definition) is 8. The molecule has 1 heterocycles. The summed E-state index contributed by atoms with van der Waals surface area (Å²) in [6.45, 7) is 0. The van der Waals surface area contributed by atoms with E-state index in [2.05, 4.69) is 14.7 Å². The van der Waals surface area contributed by atoms with Gasteiger partial charge >= 0.3 is 0 Å². The SMILES string of the molecule is CN(C)c1ncc(NS(=O)(=O)c2ccc([N+](=O)[O-])cc2)c(N(C)C)n1. The van der Waals surface area contributed by atoms with E-state index >= 15 is 0 Å². The Morgan fingerprint density at radius 3 is 2.16 bits per heavy atom. The van der Waals surface area contributed by atoms with Crippen LogP contribution in [0.4, 0.5) is 23.1 Å². The van der Waals surface area contributed by atoms with Crippen LogP contribution in [0.1, 0.15) is 0 Å². The van der Waals surface area contributed by atoms with E-state index in [0.29, 0.717) is 11.8 Å². The van der Waals surface area contributed by atoms with Crippen molar-refractivity contribution in [3.05, 3.63) is 40.6 Å². The summed E-state index contributed by atoms with van der Waals surface area (Å²) in [7, 11) is 3.06. The van der Waals surface area contributed by atoms with Crippen LogP contribution < -0.4 is 14.5 Å². The van der Waals surface area contributed by atoms with Gasteiger partial charge in [0.1, 0.15) is 5.69 Å². The van der Waals surface area contributed by atoms with Gasteiger partial charge in [-0.05, 0) is 12.1 Å². The number of sulfonamides is 1. The summed E-state index contributed by atoms with van der Waals surface area (Å²) in [4.78, 5) is 21.8. The van der Waals surface area contributed by atoms with Crippen LogP contribution in [-0.2, 0) is 10.0 Å². The molecule has 0 aliphatic heterocycles. The Kier molecular flexibility index (Phi) is 5.07. The smallest absolute Gasteiger partial charge is 0.269 e. The molecule has 0 aliphatic rings. The van der Waals surface area contributed by atoms with Crippen LogP contribution in [0.3, 0.4) is 0 Å². The molecule has 0 unspecified atom stereocenters. The van der Waals surface area contributed by atoms with Gasteiger partial charge in [-0.3, -0.25) is 14.8 Å². The molecule has 1 aromatic carbocycles. The number of nitro groups is 1. The first-order valence-electron chi connectivity index (χ1n) is 7.11. The number of benzene rings is 1. The van der Waals surface area contributed by atoms with E-state index < -0.39 is 14.9 Å². The average molecular weight is 366 g/mol. The van der Waals surface area contributed by atoms with E-state index in [4.69, 9.17) is 0 Å². The Morgan fingerprint density at radius 1 is 1.08 bits per heavy atom. The zero-order chi connectivity index (χ0) is 18.8. The molecule has 25 heavy (non-hydrogen) atoms. The van der Waals surface area contributed by atoms with Crippen LogP contribution in [0.25, 0.3) is 0 Å². The molecule has 1 N–H and O–H groups in total. The molecule has 0 saturated heterocycles. The van der Waals surface area contributed by atoms with E-state index in [9.17, 15) is 18.5 Å². The molecule has 0 amide bonds. The summed E-state index contributed by atoms with van der Waals surface area (Å²) in [5, 5.41) is 10.7. The van der Waals surface area contributed by atoms with Crippen molar-refractivity contribution in [3.8, 4) is 0 Å². The van der Waals surface area contributed by atoms with Gasteiger partial charge in [-0.2, -0.15) is 4.98 Å². The molecule has 0 radical (unpaired) electrons. The second-order valence-electron chi connectivity index (χ2n) is 5.55. The van der Waals surface area contributed by atoms with E-state index in [0.717, 1.165) is 12.1 Å². The molecular formula is C14H18N6O4S. The van der Waals surface area contributed by atoms with Crippen molar-refractivity contribution in [1.82, 2.24) is 9.97 Å². The number of nitro benzene ring substituents is 1. The quantitative estimate of drug-likeness (QED) is 0.600. The minimum atomic E-state index is -3.94. The molecule has 0 spiro atoms. The molecule has 2 aromatic rings. The monoisotopic (exact) mass is 366 g/mol. The van der Waals surface area contributed by atoms with Crippen molar-refractivity contribution in [2.24, 2.45) is 0 Å². The lowest BCUT2D eigenvalue weighted by Gasteiger charge is -2.19. The maximum Gasteiger partial charge on any atom is 0.269 e. The molecule has 0 atom stereocenters. The predicted octanol–water partition coefficient (Wildman–Crippen LogP) is 1.32. The van der Waals surface area contributed by atoms with Gasteiger partial charge in [0.2, 0.25) is 5.95 Å². The topological polar surface area (TPSA) is 122 Å². The highest BCUT2D eigenvalue weighted by atomic mass is 32.2. The Balaban J connectivity index is 2.38. The second kappa shape index (κ2) is 6.89. The average Bonchev–Trinajstić information content (AvgIpc) is 2.54. The van der Waals surface area contributed by atoms with Gasteiger partial charge in [0.15, 0.2) is 5.82 Å². The van der Waals surface area contributed by atoms with Crippen molar-refractivity contribution >= 4 is 33.2 Å². The highest BCUT2D eigenvalue weighted by Crippen LogP contribution is 2.26. The fourth-order valence-electron chi connectivity index (χ4n) is 1.94. The molecule has 2 rings (SSSR count). The zero-order valence-corrected chi connectivity index (χ0v) is 15.0. The molecule has 10 nitrogen and oxygen atoms in total. The Labute approximate surface area is 145 Å². The Hall–Kier alpha value is -2.95. The van der Waals surface area contributed by atoms with Crippen LogP contribution >= 0.6 is 0 Å². The van der Waals surface area contributed by atoms with Crippen LogP contribution in [0.15, 0.2) is 35.4 Å².